The number of ether oxygens (including phenoxy) is 1. The molecule has 1 aliphatic rings. The SMILES string of the molecule is O=C(CCCCCNC(=O)[C@@H]1C[C@H](n2cc(COc3ccc(C(NCc4ccccc4)P(=O)(O)O)cc3)nn2)CN1C(=O)CN(Cc1ccccc1)Cc1ccccc1)N[C@H](CO)CS. The second kappa shape index (κ2) is 24.8. The van der Waals surface area contributed by atoms with E-state index in [1.165, 1.54) is 0 Å². The van der Waals surface area contributed by atoms with Gasteiger partial charge in [0.2, 0.25) is 17.7 Å². The van der Waals surface area contributed by atoms with Gasteiger partial charge in [0, 0.05) is 51.3 Å². The van der Waals surface area contributed by atoms with Crippen LogP contribution in [0.1, 0.15) is 71.9 Å². The van der Waals surface area contributed by atoms with E-state index < -0.39 is 19.4 Å². The molecular formula is C47H59N8O8PS. The van der Waals surface area contributed by atoms with Gasteiger partial charge in [-0.1, -0.05) is 115 Å². The third-order valence-electron chi connectivity index (χ3n) is 11.1. The number of likely N-dealkylation sites (tertiary alicyclic amines) is 1. The van der Waals surface area contributed by atoms with Gasteiger partial charge in [-0.3, -0.25) is 29.2 Å². The van der Waals surface area contributed by atoms with Gasteiger partial charge in [-0.05, 0) is 47.2 Å². The lowest BCUT2D eigenvalue weighted by Gasteiger charge is -2.28. The molecule has 0 saturated carbocycles. The summed E-state index contributed by atoms with van der Waals surface area (Å²) in [6.07, 6.45) is 4.33. The zero-order chi connectivity index (χ0) is 46.0. The summed E-state index contributed by atoms with van der Waals surface area (Å²) in [6, 6.07) is 34.3. The number of hydrogen-bond acceptors (Lipinski definition) is 11. The molecular weight excluding hydrogens is 868 g/mol. The highest BCUT2D eigenvalue weighted by atomic mass is 32.1. The standard InChI is InChI=1S/C47H59N8O8PS/c56-32-40(34-65)50-44(57)19-11-4-12-24-48-46(59)43-25-41(30-54(43)45(58)31-53(27-36-15-7-2-8-16-36)28-37-17-9-3-10-18-37)55-29-39(51-52-55)33-63-42-22-20-38(21-23-42)47(64(60,61)62)49-26-35-13-5-1-6-14-35/h1-3,5-10,13-18,20-23,29,40-41,43,47,49,56,65H,4,11-12,19,24-28,30-34H2,(H,48,59)(H,50,57)(H2,60,61,62)/t40-,41+,43+,47?/m1/s1. The lowest BCUT2D eigenvalue weighted by Crippen LogP contribution is -2.49. The molecule has 65 heavy (non-hydrogen) atoms. The first-order valence-electron chi connectivity index (χ1n) is 21.8. The number of carbonyl (C=O) groups is 3. The van der Waals surface area contributed by atoms with Crippen LogP contribution >= 0.6 is 20.2 Å². The minimum atomic E-state index is -4.54. The minimum absolute atomic E-state index is 0.0552. The van der Waals surface area contributed by atoms with E-state index in [0.29, 0.717) is 74.5 Å². The van der Waals surface area contributed by atoms with Gasteiger partial charge in [0.25, 0.3) is 0 Å². The van der Waals surface area contributed by atoms with Crippen LogP contribution in [0, 0.1) is 0 Å². The van der Waals surface area contributed by atoms with E-state index >= 15 is 0 Å². The summed E-state index contributed by atoms with van der Waals surface area (Å²) in [5.41, 5.74) is 3.94. The molecule has 16 nitrogen and oxygen atoms in total. The van der Waals surface area contributed by atoms with Gasteiger partial charge in [0.15, 0.2) is 0 Å². The molecule has 6 rings (SSSR count). The maximum Gasteiger partial charge on any atom is 0.346 e. The van der Waals surface area contributed by atoms with E-state index in [1.807, 2.05) is 91.0 Å². The average Bonchev–Trinajstić information content (AvgIpc) is 3.98. The number of carbonyl (C=O) groups excluding carboxylic acids is 3. The third-order valence-corrected chi connectivity index (χ3v) is 12.7. The summed E-state index contributed by atoms with van der Waals surface area (Å²) in [6.45, 7) is 1.93. The number of hydrogen-bond donors (Lipinski definition) is 7. The number of rotatable bonds is 25. The Kier molecular flexibility index (Phi) is 18.7. The van der Waals surface area contributed by atoms with Crippen molar-refractivity contribution in [2.24, 2.45) is 0 Å². The molecule has 3 amide bonds. The van der Waals surface area contributed by atoms with E-state index in [-0.39, 0.29) is 62.7 Å². The molecule has 5 aromatic rings. The van der Waals surface area contributed by atoms with Crippen LogP contribution < -0.4 is 20.7 Å². The quantitative estimate of drug-likeness (QED) is 0.0240. The normalized spacial score (nSPS) is 16.0. The highest BCUT2D eigenvalue weighted by Crippen LogP contribution is 2.50. The van der Waals surface area contributed by atoms with Gasteiger partial charge >= 0.3 is 7.60 Å². The molecule has 0 radical (unpaired) electrons. The van der Waals surface area contributed by atoms with E-state index in [0.717, 1.165) is 16.7 Å². The predicted octanol–water partition coefficient (Wildman–Crippen LogP) is 4.75. The Bertz CT molecular complexity index is 2240. The Morgan fingerprint density at radius 1 is 0.862 bits per heavy atom. The van der Waals surface area contributed by atoms with Gasteiger partial charge in [-0.2, -0.15) is 12.6 Å². The van der Waals surface area contributed by atoms with Gasteiger partial charge < -0.3 is 35.2 Å². The van der Waals surface area contributed by atoms with Gasteiger partial charge in [-0.25, -0.2) is 4.68 Å². The molecule has 0 spiro atoms. The fourth-order valence-electron chi connectivity index (χ4n) is 7.73. The molecule has 4 aromatic carbocycles. The van der Waals surface area contributed by atoms with Gasteiger partial charge in [-0.15, -0.1) is 5.10 Å². The molecule has 6 N–H and O–H groups in total. The molecule has 346 valence electrons. The van der Waals surface area contributed by atoms with Crippen molar-refractivity contribution in [2.75, 3.05) is 32.0 Å². The fourth-order valence-corrected chi connectivity index (χ4v) is 8.83. The Balaban J connectivity index is 1.09. The van der Waals surface area contributed by atoms with Crippen molar-refractivity contribution in [3.05, 3.63) is 149 Å². The lowest BCUT2D eigenvalue weighted by atomic mass is 10.1. The average molecular weight is 927 g/mol. The summed E-state index contributed by atoms with van der Waals surface area (Å²) in [5, 5.41) is 26.8. The van der Waals surface area contributed by atoms with Crippen molar-refractivity contribution in [1.29, 1.82) is 0 Å². The first kappa shape index (κ1) is 49.1. The molecule has 18 heteroatoms. The topological polar surface area (TPSA) is 211 Å². The number of nitrogens with zero attached hydrogens (tertiary/aromatic N) is 5. The molecule has 2 heterocycles. The Hall–Kier alpha value is -5.39. The lowest BCUT2D eigenvalue weighted by molar-refractivity contribution is -0.139. The second-order valence-corrected chi connectivity index (χ2v) is 18.3. The monoisotopic (exact) mass is 926 g/mol. The van der Waals surface area contributed by atoms with E-state index in [2.05, 4.69) is 43.8 Å². The van der Waals surface area contributed by atoms with Crippen LogP contribution in [0.15, 0.2) is 121 Å². The highest BCUT2D eigenvalue weighted by molar-refractivity contribution is 7.80. The van der Waals surface area contributed by atoms with Gasteiger partial charge in [0.05, 0.1) is 31.4 Å². The smallest absolute Gasteiger partial charge is 0.346 e. The third kappa shape index (κ3) is 15.4. The number of nitrogens with one attached hydrogen (secondary N) is 3. The van der Waals surface area contributed by atoms with Crippen molar-refractivity contribution in [3.8, 4) is 5.75 Å². The van der Waals surface area contributed by atoms with E-state index in [4.69, 9.17) is 4.74 Å². The van der Waals surface area contributed by atoms with Crippen LogP contribution in [0.4, 0.5) is 0 Å². The maximum atomic E-state index is 14.3. The molecule has 1 aliphatic heterocycles. The summed E-state index contributed by atoms with van der Waals surface area (Å²) < 4.78 is 20.1. The number of amides is 3. The van der Waals surface area contributed by atoms with Crippen molar-refractivity contribution < 1.29 is 38.6 Å². The summed E-state index contributed by atoms with van der Waals surface area (Å²) in [4.78, 5) is 64.4. The van der Waals surface area contributed by atoms with Crippen LogP contribution in [0.3, 0.4) is 0 Å². The van der Waals surface area contributed by atoms with E-state index in [1.54, 1.807) is 40.0 Å². The van der Waals surface area contributed by atoms with Crippen molar-refractivity contribution in [2.45, 2.75) is 82.3 Å². The number of benzene rings is 4. The predicted molar refractivity (Wildman–Crippen MR) is 249 cm³/mol. The summed E-state index contributed by atoms with van der Waals surface area (Å²) >= 11 is 4.14. The largest absolute Gasteiger partial charge is 0.487 e. The fraction of sp³-hybridized carbons (Fsp3) is 0.383. The Morgan fingerprint density at radius 3 is 2.09 bits per heavy atom. The maximum absolute atomic E-state index is 14.3. The molecule has 0 aliphatic carbocycles. The van der Waals surface area contributed by atoms with Crippen molar-refractivity contribution in [3.63, 3.8) is 0 Å². The number of aliphatic hydroxyl groups is 1. The highest BCUT2D eigenvalue weighted by Gasteiger charge is 2.41. The van der Waals surface area contributed by atoms with Crippen molar-refractivity contribution >= 4 is 37.9 Å². The van der Waals surface area contributed by atoms with E-state index in [9.17, 15) is 33.8 Å². The molecule has 1 saturated heterocycles. The van der Waals surface area contributed by atoms with Crippen LogP contribution in [-0.4, -0.2) is 101 Å². The molecule has 4 atom stereocenters. The van der Waals surface area contributed by atoms with Gasteiger partial charge in [0.1, 0.15) is 29.9 Å². The Morgan fingerprint density at radius 2 is 1.49 bits per heavy atom. The molecule has 0 bridgehead atoms. The first-order valence-corrected chi connectivity index (χ1v) is 24.1. The number of unbranched alkanes of at least 4 members (excludes halogenated alkanes) is 2. The number of thiol groups is 1. The zero-order valence-electron chi connectivity index (χ0n) is 36.3. The van der Waals surface area contributed by atoms with Crippen LogP contribution in [0.2, 0.25) is 0 Å². The first-order chi connectivity index (χ1) is 31.5. The molecule has 1 unspecified atom stereocenters. The zero-order valence-corrected chi connectivity index (χ0v) is 38.1. The molecule has 1 aromatic heterocycles. The summed E-state index contributed by atoms with van der Waals surface area (Å²) in [5.74, 6) is -0.993. The van der Waals surface area contributed by atoms with Crippen molar-refractivity contribution in [1.82, 2.24) is 40.7 Å². The number of aliphatic hydroxyl groups excluding tert-OH is 1. The van der Waals surface area contributed by atoms with Crippen LogP contribution in [-0.2, 0) is 45.2 Å². The second-order valence-electron chi connectivity index (χ2n) is 16.2. The molecule has 1 fully saturated rings. The number of aromatic nitrogens is 3. The Labute approximate surface area is 385 Å². The summed E-state index contributed by atoms with van der Waals surface area (Å²) in [7, 11) is -4.54. The minimum Gasteiger partial charge on any atom is -0.487 e. The van der Waals surface area contributed by atoms with Crippen LogP contribution in [0.5, 0.6) is 5.75 Å². The van der Waals surface area contributed by atoms with Crippen LogP contribution in [0.25, 0.3) is 0 Å².